The Morgan fingerprint density at radius 1 is 1.45 bits per heavy atom. The van der Waals surface area contributed by atoms with Gasteiger partial charge in [0, 0.05) is 5.92 Å². The summed E-state index contributed by atoms with van der Waals surface area (Å²) in [6.07, 6.45) is 3.00. The van der Waals surface area contributed by atoms with Gasteiger partial charge in [0.25, 0.3) is 5.91 Å². The van der Waals surface area contributed by atoms with Crippen molar-refractivity contribution >= 4 is 23.5 Å². The highest BCUT2D eigenvalue weighted by molar-refractivity contribution is 6.33. The molecule has 7 heteroatoms. The molecule has 0 bridgehead atoms. The Kier molecular flexibility index (Phi) is 3.94. The number of nitrogens with one attached hydrogen (secondary N) is 1. The van der Waals surface area contributed by atoms with Gasteiger partial charge < -0.3 is 10.4 Å². The van der Waals surface area contributed by atoms with Gasteiger partial charge in [-0.15, -0.1) is 0 Å². The van der Waals surface area contributed by atoms with E-state index >= 15 is 0 Å². The molecule has 1 aromatic heterocycles. The van der Waals surface area contributed by atoms with E-state index in [-0.39, 0.29) is 16.6 Å². The number of carbonyl (C=O) groups is 2. The van der Waals surface area contributed by atoms with Crippen molar-refractivity contribution < 1.29 is 14.7 Å². The fourth-order valence-electron chi connectivity index (χ4n) is 2.02. The van der Waals surface area contributed by atoms with E-state index < -0.39 is 17.4 Å². The average molecular weight is 298 g/mol. The molecule has 1 aliphatic rings. The van der Waals surface area contributed by atoms with Crippen LogP contribution in [0, 0.1) is 0 Å². The molecule has 108 valence electrons. The smallest absolute Gasteiger partial charge is 0.329 e. The number of carbonyl (C=O) groups excluding carboxylic acids is 1. The lowest BCUT2D eigenvalue weighted by atomic mass is 9.76. The average Bonchev–Trinajstić information content (AvgIpc) is 2.33. The maximum absolute atomic E-state index is 12.2. The molecule has 0 saturated heterocycles. The molecule has 1 aromatic rings. The van der Waals surface area contributed by atoms with Crippen molar-refractivity contribution in [3.63, 3.8) is 0 Å². The van der Waals surface area contributed by atoms with Crippen molar-refractivity contribution in [2.24, 2.45) is 0 Å². The minimum atomic E-state index is -1.18. The fraction of sp³-hybridized carbons (Fsp3) is 0.538. The summed E-state index contributed by atoms with van der Waals surface area (Å²) in [6, 6.07) is 0. The zero-order valence-corrected chi connectivity index (χ0v) is 12.1. The molecule has 1 aliphatic carbocycles. The predicted octanol–water partition coefficient (Wildman–Crippen LogP) is 1.99. The summed E-state index contributed by atoms with van der Waals surface area (Å²) in [5, 5.41) is 11.9. The first-order valence-electron chi connectivity index (χ1n) is 6.44. The number of rotatable bonds is 4. The molecule has 2 N–H and O–H groups in total. The Bertz CT molecular complexity index is 556. The lowest BCUT2D eigenvalue weighted by molar-refractivity contribution is -0.148. The van der Waals surface area contributed by atoms with Gasteiger partial charge in [0.05, 0.1) is 11.2 Å². The number of aliphatic carboxylic acids is 1. The number of carboxylic acids is 1. The first-order chi connectivity index (χ1) is 9.35. The van der Waals surface area contributed by atoms with Crippen LogP contribution < -0.4 is 5.32 Å². The van der Waals surface area contributed by atoms with E-state index in [1.54, 1.807) is 0 Å². The van der Waals surface area contributed by atoms with E-state index in [0.717, 1.165) is 6.42 Å². The van der Waals surface area contributed by atoms with Crippen LogP contribution in [0.5, 0.6) is 0 Å². The van der Waals surface area contributed by atoms with Crippen molar-refractivity contribution in [2.45, 2.75) is 44.6 Å². The van der Waals surface area contributed by atoms with Crippen LogP contribution in [0.25, 0.3) is 0 Å². The normalized spacial score (nSPS) is 16.6. The van der Waals surface area contributed by atoms with Crippen molar-refractivity contribution in [1.82, 2.24) is 15.3 Å². The minimum Gasteiger partial charge on any atom is -0.480 e. The zero-order chi connectivity index (χ0) is 14.9. The van der Waals surface area contributed by atoms with Crippen LogP contribution in [0.4, 0.5) is 0 Å². The fourth-order valence-corrected chi connectivity index (χ4v) is 2.19. The molecule has 1 heterocycles. The predicted molar refractivity (Wildman–Crippen MR) is 72.8 cm³/mol. The molecular weight excluding hydrogens is 282 g/mol. The molecule has 20 heavy (non-hydrogen) atoms. The lowest BCUT2D eigenvalue weighted by Gasteiger charge is -2.38. The van der Waals surface area contributed by atoms with Crippen molar-refractivity contribution in [1.29, 1.82) is 0 Å². The number of carboxylic acid groups (broad SMARTS) is 1. The van der Waals surface area contributed by atoms with E-state index in [0.29, 0.717) is 18.7 Å². The SMILES string of the molecule is CC(C)c1ncc(Cl)c(C(=O)NC2(C(=O)O)CCC2)n1. The number of hydrogen-bond donors (Lipinski definition) is 2. The Labute approximate surface area is 121 Å². The van der Waals surface area contributed by atoms with Crippen molar-refractivity contribution in [3.05, 3.63) is 22.7 Å². The van der Waals surface area contributed by atoms with Gasteiger partial charge in [-0.2, -0.15) is 0 Å². The van der Waals surface area contributed by atoms with Crippen LogP contribution in [0.2, 0.25) is 5.02 Å². The van der Waals surface area contributed by atoms with Gasteiger partial charge in [0.15, 0.2) is 0 Å². The van der Waals surface area contributed by atoms with Crippen molar-refractivity contribution in [3.8, 4) is 0 Å². The number of nitrogens with zero attached hydrogens (tertiary/aromatic N) is 2. The summed E-state index contributed by atoms with van der Waals surface area (Å²) < 4.78 is 0. The highest BCUT2D eigenvalue weighted by Gasteiger charge is 2.46. The third-order valence-corrected chi connectivity index (χ3v) is 3.74. The van der Waals surface area contributed by atoms with Gasteiger partial charge in [-0.25, -0.2) is 14.8 Å². The van der Waals surface area contributed by atoms with Gasteiger partial charge in [-0.1, -0.05) is 25.4 Å². The summed E-state index contributed by atoms with van der Waals surface area (Å²) in [6.45, 7) is 3.80. The standard InChI is InChI=1S/C13H16ClN3O3/c1-7(2)10-15-6-8(14)9(16-10)11(18)17-13(12(19)20)4-3-5-13/h6-7H,3-5H2,1-2H3,(H,17,18)(H,19,20). The Hall–Kier alpha value is -1.69. The first-order valence-corrected chi connectivity index (χ1v) is 6.82. The van der Waals surface area contributed by atoms with Gasteiger partial charge in [-0.3, -0.25) is 4.79 Å². The molecule has 0 unspecified atom stereocenters. The molecule has 0 atom stereocenters. The molecule has 1 amide bonds. The summed E-state index contributed by atoms with van der Waals surface area (Å²) >= 11 is 5.93. The summed E-state index contributed by atoms with van der Waals surface area (Å²) in [4.78, 5) is 31.6. The van der Waals surface area contributed by atoms with Crippen LogP contribution in [-0.4, -0.2) is 32.5 Å². The van der Waals surface area contributed by atoms with Gasteiger partial charge >= 0.3 is 5.97 Å². The maximum Gasteiger partial charge on any atom is 0.329 e. The Morgan fingerprint density at radius 3 is 2.55 bits per heavy atom. The maximum atomic E-state index is 12.2. The van der Waals surface area contributed by atoms with Crippen LogP contribution in [0.15, 0.2) is 6.20 Å². The largest absolute Gasteiger partial charge is 0.480 e. The third-order valence-electron chi connectivity index (χ3n) is 3.46. The van der Waals surface area contributed by atoms with Crippen LogP contribution >= 0.6 is 11.6 Å². The van der Waals surface area contributed by atoms with Crippen LogP contribution in [0.1, 0.15) is 55.3 Å². The number of halogens is 1. The third kappa shape index (κ3) is 2.60. The lowest BCUT2D eigenvalue weighted by Crippen LogP contribution is -2.59. The molecule has 0 radical (unpaired) electrons. The number of amides is 1. The number of hydrogen-bond acceptors (Lipinski definition) is 4. The Morgan fingerprint density at radius 2 is 2.10 bits per heavy atom. The van der Waals surface area contributed by atoms with E-state index in [4.69, 9.17) is 11.6 Å². The van der Waals surface area contributed by atoms with Crippen molar-refractivity contribution in [2.75, 3.05) is 0 Å². The van der Waals surface area contributed by atoms with E-state index in [9.17, 15) is 14.7 Å². The molecule has 0 aromatic carbocycles. The first kappa shape index (κ1) is 14.7. The topological polar surface area (TPSA) is 92.2 Å². The Balaban J connectivity index is 2.25. The molecule has 6 nitrogen and oxygen atoms in total. The van der Waals surface area contributed by atoms with Crippen LogP contribution in [-0.2, 0) is 4.79 Å². The van der Waals surface area contributed by atoms with E-state index in [2.05, 4.69) is 15.3 Å². The highest BCUT2D eigenvalue weighted by Crippen LogP contribution is 2.32. The summed E-state index contributed by atoms with van der Waals surface area (Å²) in [5.74, 6) is -1.04. The molecule has 1 saturated carbocycles. The van der Waals surface area contributed by atoms with E-state index in [1.165, 1.54) is 6.20 Å². The summed E-state index contributed by atoms with van der Waals surface area (Å²) in [7, 11) is 0. The molecule has 1 fully saturated rings. The molecular formula is C13H16ClN3O3. The molecule has 0 spiro atoms. The monoisotopic (exact) mass is 297 g/mol. The molecule has 0 aliphatic heterocycles. The second-order valence-electron chi connectivity index (χ2n) is 5.27. The van der Waals surface area contributed by atoms with E-state index in [1.807, 2.05) is 13.8 Å². The van der Waals surface area contributed by atoms with Gasteiger partial charge in [0.2, 0.25) is 0 Å². The number of aromatic nitrogens is 2. The minimum absolute atomic E-state index is 0.0258. The highest BCUT2D eigenvalue weighted by atomic mass is 35.5. The quantitative estimate of drug-likeness (QED) is 0.886. The molecule has 2 rings (SSSR count). The zero-order valence-electron chi connectivity index (χ0n) is 11.3. The van der Waals surface area contributed by atoms with Gasteiger partial charge in [0.1, 0.15) is 17.1 Å². The second-order valence-corrected chi connectivity index (χ2v) is 5.68. The summed E-state index contributed by atoms with van der Waals surface area (Å²) in [5.41, 5.74) is -1.15. The van der Waals surface area contributed by atoms with Gasteiger partial charge in [-0.05, 0) is 19.3 Å². The van der Waals surface area contributed by atoms with Crippen LogP contribution in [0.3, 0.4) is 0 Å². The second kappa shape index (κ2) is 5.36.